The molecule has 0 bridgehead atoms. The van der Waals surface area contributed by atoms with Crippen molar-refractivity contribution in [2.24, 2.45) is 51.5 Å². The van der Waals surface area contributed by atoms with E-state index >= 15 is 0 Å². The Morgan fingerprint density at radius 2 is 1.93 bits per heavy atom. The lowest BCUT2D eigenvalue weighted by Crippen LogP contribution is -2.53. The molecule has 4 aliphatic carbocycles. The van der Waals surface area contributed by atoms with Crippen molar-refractivity contribution < 1.29 is 14.3 Å². The van der Waals surface area contributed by atoms with E-state index in [1.54, 1.807) is 6.92 Å². The molecule has 0 aromatic carbocycles. The Hall–Kier alpha value is -2.58. The number of azide groups is 1. The van der Waals surface area contributed by atoms with Crippen molar-refractivity contribution in [3.05, 3.63) is 43.0 Å². The van der Waals surface area contributed by atoms with E-state index in [-0.39, 0.29) is 19.0 Å². The average molecular weight is 610 g/mol. The smallest absolute Gasteiger partial charge is 0.330 e. The molecule has 5 fully saturated rings. The maximum Gasteiger partial charge on any atom is 0.330 e. The molecule has 1 aromatic rings. The summed E-state index contributed by atoms with van der Waals surface area (Å²) < 4.78 is 12.9. The summed E-state index contributed by atoms with van der Waals surface area (Å²) in [4.78, 5) is 42.3. The molecule has 10 nitrogen and oxygen atoms in total. The Balaban J connectivity index is 1.02. The third-order valence-electron chi connectivity index (χ3n) is 13.4. The summed E-state index contributed by atoms with van der Waals surface area (Å²) in [6, 6.07) is -0.590. The topological polar surface area (TPSA) is 139 Å². The number of carbonyl (C=O) groups excluding carboxylic acids is 1. The van der Waals surface area contributed by atoms with Gasteiger partial charge in [-0.15, -0.1) is 0 Å². The van der Waals surface area contributed by atoms with Gasteiger partial charge in [0.25, 0.3) is 5.56 Å². The normalized spacial score (nSPS) is 40.3. The number of carbonyl (C=O) groups is 1. The molecule has 0 radical (unpaired) electrons. The molecule has 11 atom stereocenters. The lowest BCUT2D eigenvalue weighted by molar-refractivity contribution is -0.149. The van der Waals surface area contributed by atoms with Gasteiger partial charge >= 0.3 is 11.7 Å². The molecule has 4 saturated carbocycles. The van der Waals surface area contributed by atoms with Crippen LogP contribution >= 0.6 is 0 Å². The Bertz CT molecular complexity index is 1400. The molecule has 1 aliphatic heterocycles. The first kappa shape index (κ1) is 31.4. The van der Waals surface area contributed by atoms with Crippen molar-refractivity contribution in [2.75, 3.05) is 6.61 Å². The van der Waals surface area contributed by atoms with Gasteiger partial charge in [-0.05, 0) is 117 Å². The van der Waals surface area contributed by atoms with E-state index in [1.807, 2.05) is 0 Å². The van der Waals surface area contributed by atoms with Gasteiger partial charge in [-0.3, -0.25) is 19.1 Å². The van der Waals surface area contributed by atoms with Crippen molar-refractivity contribution in [1.82, 2.24) is 9.55 Å². The van der Waals surface area contributed by atoms with Gasteiger partial charge in [-0.2, -0.15) is 0 Å². The van der Waals surface area contributed by atoms with Gasteiger partial charge in [-0.1, -0.05) is 38.7 Å². The number of hydrogen-bond donors (Lipinski definition) is 1. The molecule has 0 unspecified atom stereocenters. The van der Waals surface area contributed by atoms with Gasteiger partial charge in [0.15, 0.2) is 0 Å². The highest BCUT2D eigenvalue weighted by molar-refractivity contribution is 5.69. The number of aryl methyl sites for hydroxylation is 1. The van der Waals surface area contributed by atoms with Gasteiger partial charge in [0.05, 0.1) is 6.04 Å². The fraction of sp³-hybridized carbons (Fsp3) is 0.853. The molecule has 6 rings (SSSR count). The van der Waals surface area contributed by atoms with E-state index in [1.165, 1.54) is 75.0 Å². The second-order valence-corrected chi connectivity index (χ2v) is 15.4. The van der Waals surface area contributed by atoms with E-state index in [0.29, 0.717) is 34.7 Å². The standard InChI is InChI=1S/C34H51N5O5/c1-20(24-11-12-25-23-10-9-22-7-5-6-15-33(22,3)26(23)14-16-34(24,25)4)8-13-30(40)43-19-28-27(37-38-35)17-29(44-28)39-18-21(2)31(41)36-32(39)42/h18,20,22-29H,5-17,19H2,1-4H3,(H,36,41,42)/t20-,22+,23+,24-,25+,26+,27+,28-,29-,33+,34-/m1/s1. The second kappa shape index (κ2) is 12.3. The summed E-state index contributed by atoms with van der Waals surface area (Å²) in [6.45, 7) is 9.12. The lowest BCUT2D eigenvalue weighted by Gasteiger charge is -2.61. The zero-order valence-corrected chi connectivity index (χ0v) is 27.0. The van der Waals surface area contributed by atoms with Gasteiger partial charge in [0.2, 0.25) is 0 Å². The van der Waals surface area contributed by atoms with Crippen LogP contribution in [0.4, 0.5) is 0 Å². The van der Waals surface area contributed by atoms with Crippen LogP contribution in [0.5, 0.6) is 0 Å². The number of hydrogen-bond acceptors (Lipinski definition) is 6. The highest BCUT2D eigenvalue weighted by atomic mass is 16.6. The Morgan fingerprint density at radius 3 is 2.73 bits per heavy atom. The van der Waals surface area contributed by atoms with Crippen molar-refractivity contribution in [1.29, 1.82) is 0 Å². The lowest BCUT2D eigenvalue weighted by atomic mass is 9.44. The van der Waals surface area contributed by atoms with Crippen LogP contribution in [-0.4, -0.2) is 34.3 Å². The molecule has 0 spiro atoms. The van der Waals surface area contributed by atoms with Gasteiger partial charge < -0.3 is 9.47 Å². The van der Waals surface area contributed by atoms with E-state index < -0.39 is 29.6 Å². The highest BCUT2D eigenvalue weighted by Crippen LogP contribution is 2.68. The minimum Gasteiger partial charge on any atom is -0.463 e. The maximum absolute atomic E-state index is 12.9. The van der Waals surface area contributed by atoms with Crippen LogP contribution in [-0.2, 0) is 14.3 Å². The quantitative estimate of drug-likeness (QED) is 0.149. The zero-order valence-electron chi connectivity index (χ0n) is 27.0. The average Bonchev–Trinajstić information content (AvgIpc) is 3.57. The van der Waals surface area contributed by atoms with E-state index in [0.717, 1.165) is 30.1 Å². The molecule has 1 saturated heterocycles. The number of H-pyrrole nitrogens is 1. The van der Waals surface area contributed by atoms with Gasteiger partial charge in [-0.25, -0.2) is 4.79 Å². The Kier molecular flexibility index (Phi) is 8.79. The summed E-state index contributed by atoms with van der Waals surface area (Å²) in [7, 11) is 0. The third-order valence-corrected chi connectivity index (χ3v) is 13.4. The molecule has 242 valence electrons. The van der Waals surface area contributed by atoms with Crippen LogP contribution in [0.1, 0.15) is 116 Å². The van der Waals surface area contributed by atoms with E-state index in [4.69, 9.17) is 15.0 Å². The van der Waals surface area contributed by atoms with Crippen molar-refractivity contribution in [2.45, 2.75) is 130 Å². The fourth-order valence-electron chi connectivity index (χ4n) is 11.1. The number of aromatic amines is 1. The molecular formula is C34H51N5O5. The summed E-state index contributed by atoms with van der Waals surface area (Å²) >= 11 is 0. The molecule has 0 amide bonds. The van der Waals surface area contributed by atoms with Crippen molar-refractivity contribution in [3.63, 3.8) is 0 Å². The first-order chi connectivity index (χ1) is 21.0. The molecular weight excluding hydrogens is 558 g/mol. The van der Waals surface area contributed by atoms with E-state index in [2.05, 4.69) is 35.8 Å². The minimum atomic E-state index is -0.723. The van der Waals surface area contributed by atoms with Crippen LogP contribution in [0.2, 0.25) is 0 Å². The summed E-state index contributed by atoms with van der Waals surface area (Å²) in [5, 5.41) is 3.83. The first-order valence-corrected chi connectivity index (χ1v) is 17.2. The number of aromatic nitrogens is 2. The number of ether oxygens (including phenoxy) is 2. The van der Waals surface area contributed by atoms with Crippen LogP contribution in [0.15, 0.2) is 20.9 Å². The third kappa shape index (κ3) is 5.55. The van der Waals surface area contributed by atoms with Crippen LogP contribution in [0, 0.1) is 53.3 Å². The molecule has 5 aliphatic rings. The number of rotatable bonds is 8. The fourth-order valence-corrected chi connectivity index (χ4v) is 11.1. The van der Waals surface area contributed by atoms with Crippen LogP contribution in [0.25, 0.3) is 10.4 Å². The van der Waals surface area contributed by atoms with Gasteiger partial charge in [0.1, 0.15) is 18.9 Å². The molecule has 2 heterocycles. The Labute approximate surface area is 260 Å². The number of fused-ring (bicyclic) bond motifs is 5. The Morgan fingerprint density at radius 1 is 1.14 bits per heavy atom. The monoisotopic (exact) mass is 609 g/mol. The number of esters is 1. The van der Waals surface area contributed by atoms with E-state index in [9.17, 15) is 14.4 Å². The molecule has 10 heteroatoms. The molecule has 1 aromatic heterocycles. The SMILES string of the molecule is Cc1cn([C@H]2C[C@H](N=[N+]=[N-])[C@@H](COC(=O)CC[C@@H](C)[C@H]3CC[C@H]4[C@@H]5CC[C@@H]6CCCC[C@]6(C)[C@H]5CC[C@]34C)O2)c(=O)[nH]c1=O. The number of nitrogens with one attached hydrogen (secondary N) is 1. The van der Waals surface area contributed by atoms with Crippen molar-refractivity contribution in [3.8, 4) is 0 Å². The largest absolute Gasteiger partial charge is 0.463 e. The predicted octanol–water partition coefficient (Wildman–Crippen LogP) is 6.82. The summed E-state index contributed by atoms with van der Waals surface area (Å²) in [5.41, 5.74) is 9.33. The van der Waals surface area contributed by atoms with Gasteiger partial charge in [0, 0.05) is 29.5 Å². The zero-order chi connectivity index (χ0) is 31.2. The predicted molar refractivity (Wildman–Crippen MR) is 167 cm³/mol. The van der Waals surface area contributed by atoms with Crippen LogP contribution < -0.4 is 11.2 Å². The highest BCUT2D eigenvalue weighted by Gasteiger charge is 2.60. The minimum absolute atomic E-state index is 0.0451. The summed E-state index contributed by atoms with van der Waals surface area (Å²) in [5.74, 6) is 4.38. The number of nitrogens with zero attached hydrogens (tertiary/aromatic N) is 4. The first-order valence-electron chi connectivity index (χ1n) is 17.2. The molecule has 44 heavy (non-hydrogen) atoms. The van der Waals surface area contributed by atoms with Crippen molar-refractivity contribution >= 4 is 5.97 Å². The van der Waals surface area contributed by atoms with Crippen LogP contribution in [0.3, 0.4) is 0 Å². The summed E-state index contributed by atoms with van der Waals surface area (Å²) in [6.07, 6.45) is 15.4. The second-order valence-electron chi connectivity index (χ2n) is 15.4. The molecule has 1 N–H and O–H groups in total. The maximum atomic E-state index is 12.9.